The molecular weight excluding hydrogens is 505 g/mol. The lowest BCUT2D eigenvalue weighted by Crippen LogP contribution is -2.57. The zero-order valence-corrected chi connectivity index (χ0v) is 23.4. The number of nitrogens with zero attached hydrogens (tertiary/aromatic N) is 4. The maximum Gasteiger partial charge on any atom is 0.418 e. The maximum atomic E-state index is 14.4. The molecule has 2 N–H and O–H groups in total. The van der Waals surface area contributed by atoms with Crippen molar-refractivity contribution in [2.24, 2.45) is 17.3 Å². The quantitative estimate of drug-likeness (QED) is 0.542. The number of likely N-dealkylation sites (tertiary alicyclic amines) is 1. The van der Waals surface area contributed by atoms with Crippen molar-refractivity contribution in [3.63, 3.8) is 0 Å². The van der Waals surface area contributed by atoms with Crippen molar-refractivity contribution in [3.8, 4) is 0 Å². The molecule has 2 aliphatic heterocycles. The lowest BCUT2D eigenvalue weighted by atomic mass is 9.55. The van der Waals surface area contributed by atoms with Crippen LogP contribution in [0.25, 0.3) is 5.52 Å². The number of pyridine rings is 1. The fraction of sp³-hybridized carbons (Fsp3) is 0.759. The maximum absolute atomic E-state index is 14.4. The van der Waals surface area contributed by atoms with Crippen LogP contribution < -0.4 is 16.5 Å². The molecule has 0 aromatic carbocycles. The zero-order valence-electron chi connectivity index (χ0n) is 23.4. The summed E-state index contributed by atoms with van der Waals surface area (Å²) in [5.74, 6) is 0.947. The second-order valence-corrected chi connectivity index (χ2v) is 12.9. The van der Waals surface area contributed by atoms with Crippen LogP contribution >= 0.6 is 0 Å². The highest BCUT2D eigenvalue weighted by molar-refractivity contribution is 5.56. The first-order valence-corrected chi connectivity index (χ1v) is 14.9. The van der Waals surface area contributed by atoms with Gasteiger partial charge in [-0.1, -0.05) is 19.8 Å². The molecule has 10 heteroatoms. The molecular formula is C29H43F3N6O. The van der Waals surface area contributed by atoms with Gasteiger partial charge in [0.1, 0.15) is 0 Å². The molecule has 0 spiro atoms. The van der Waals surface area contributed by atoms with Gasteiger partial charge in [0.2, 0.25) is 0 Å². The second-order valence-electron chi connectivity index (χ2n) is 12.9. The smallest absolute Gasteiger partial charge is 0.296 e. The average molecular weight is 549 g/mol. The minimum atomic E-state index is -4.54. The van der Waals surface area contributed by atoms with E-state index in [-0.39, 0.29) is 34.9 Å². The highest BCUT2D eigenvalue weighted by Gasteiger charge is 2.53. The Labute approximate surface area is 228 Å². The van der Waals surface area contributed by atoms with Gasteiger partial charge >= 0.3 is 11.9 Å². The van der Waals surface area contributed by atoms with Gasteiger partial charge in [-0.25, -0.2) is 15.6 Å². The lowest BCUT2D eigenvalue weighted by molar-refractivity contribution is -0.136. The van der Waals surface area contributed by atoms with Gasteiger partial charge in [-0.3, -0.25) is 18.8 Å². The van der Waals surface area contributed by atoms with Gasteiger partial charge in [-0.2, -0.15) is 13.2 Å². The molecule has 2 saturated carbocycles. The van der Waals surface area contributed by atoms with E-state index in [2.05, 4.69) is 34.6 Å². The minimum Gasteiger partial charge on any atom is -0.296 e. The highest BCUT2D eigenvalue weighted by atomic mass is 19.4. The molecule has 0 amide bonds. The van der Waals surface area contributed by atoms with E-state index in [1.54, 1.807) is 10.8 Å². The largest absolute Gasteiger partial charge is 0.418 e. The minimum absolute atomic E-state index is 0.0302. The Morgan fingerprint density at radius 2 is 1.90 bits per heavy atom. The van der Waals surface area contributed by atoms with Crippen LogP contribution in [0.5, 0.6) is 0 Å². The van der Waals surface area contributed by atoms with Crippen molar-refractivity contribution in [2.75, 3.05) is 26.8 Å². The van der Waals surface area contributed by atoms with Crippen molar-refractivity contribution in [1.29, 1.82) is 0 Å². The van der Waals surface area contributed by atoms with Crippen molar-refractivity contribution in [2.45, 2.75) is 96.1 Å². The fourth-order valence-electron chi connectivity index (χ4n) is 8.21. The summed E-state index contributed by atoms with van der Waals surface area (Å²) < 4.78 is 46.0. The van der Waals surface area contributed by atoms with E-state index in [0.717, 1.165) is 71.1 Å². The number of nitrogens with one attached hydrogen (secondary N) is 2. The first kappa shape index (κ1) is 27.3. The molecule has 3 unspecified atom stereocenters. The summed E-state index contributed by atoms with van der Waals surface area (Å²) in [5, 5.41) is 0. The number of alkyl halides is 3. The third-order valence-corrected chi connectivity index (χ3v) is 10.5. The van der Waals surface area contributed by atoms with Crippen molar-refractivity contribution in [3.05, 3.63) is 40.1 Å². The van der Waals surface area contributed by atoms with Crippen LogP contribution in [-0.4, -0.2) is 51.7 Å². The number of fused-ring (bicyclic) bond motifs is 1. The van der Waals surface area contributed by atoms with Crippen LogP contribution in [0.3, 0.4) is 0 Å². The Hall–Kier alpha value is -1.88. The van der Waals surface area contributed by atoms with Crippen LogP contribution in [-0.2, 0) is 6.18 Å². The number of hydrogen-bond acceptors (Lipinski definition) is 5. The lowest BCUT2D eigenvalue weighted by Gasteiger charge is -2.55. The molecule has 2 aliphatic carbocycles. The summed E-state index contributed by atoms with van der Waals surface area (Å²) in [4.78, 5) is 18.3. The summed E-state index contributed by atoms with van der Waals surface area (Å²) in [7, 11) is 2.13. The molecule has 7 nitrogen and oxygen atoms in total. The van der Waals surface area contributed by atoms with Gasteiger partial charge in [0, 0.05) is 36.4 Å². The third kappa shape index (κ3) is 4.75. The van der Waals surface area contributed by atoms with E-state index in [0.29, 0.717) is 17.4 Å². The molecule has 0 bridgehead atoms. The summed E-state index contributed by atoms with van der Waals surface area (Å²) in [6, 6.07) is 1.01. The average Bonchev–Trinajstić information content (AvgIpc) is 3.45. The van der Waals surface area contributed by atoms with Crippen molar-refractivity contribution in [1.82, 2.24) is 29.6 Å². The number of aromatic nitrogens is 2. The molecule has 4 fully saturated rings. The number of hydrazine groups is 1. The van der Waals surface area contributed by atoms with Crippen LogP contribution in [0.4, 0.5) is 13.2 Å². The SMILES string of the molecule is C[C@H]1CCCN([C@@H](C)c2cc(C(F)(F)F)c3cn(C4CCCC(C5(C6NNCN6C)CCC5)C4)c(=O)n3c2)C1. The number of halogens is 3. The van der Waals surface area contributed by atoms with E-state index in [1.165, 1.54) is 23.1 Å². The molecule has 0 radical (unpaired) electrons. The number of hydrogen-bond donors (Lipinski definition) is 2. The molecule has 6 rings (SSSR count). The summed E-state index contributed by atoms with van der Waals surface area (Å²) in [6.07, 6.45) is 8.31. The summed E-state index contributed by atoms with van der Waals surface area (Å²) in [6.45, 7) is 6.68. The van der Waals surface area contributed by atoms with E-state index < -0.39 is 11.7 Å². The fourth-order valence-corrected chi connectivity index (χ4v) is 8.21. The van der Waals surface area contributed by atoms with E-state index in [1.807, 2.05) is 6.92 Å². The Morgan fingerprint density at radius 1 is 1.10 bits per heavy atom. The monoisotopic (exact) mass is 548 g/mol. The topological polar surface area (TPSA) is 57.0 Å². The van der Waals surface area contributed by atoms with Gasteiger partial charge in [-0.05, 0) is 88.9 Å². The van der Waals surface area contributed by atoms with Gasteiger partial charge < -0.3 is 0 Å². The second kappa shape index (κ2) is 10.2. The number of imidazole rings is 1. The summed E-state index contributed by atoms with van der Waals surface area (Å²) in [5.41, 5.74) is 6.37. The van der Waals surface area contributed by atoms with Crippen molar-refractivity contribution >= 4 is 5.52 Å². The highest BCUT2D eigenvalue weighted by Crippen LogP contribution is 2.56. The molecule has 5 atom stereocenters. The van der Waals surface area contributed by atoms with Gasteiger partial charge in [0.05, 0.1) is 23.9 Å². The van der Waals surface area contributed by atoms with Crippen LogP contribution in [0.2, 0.25) is 0 Å². The molecule has 2 saturated heterocycles. The Morgan fingerprint density at radius 3 is 2.54 bits per heavy atom. The molecule has 2 aromatic heterocycles. The number of rotatable bonds is 5. The van der Waals surface area contributed by atoms with Crippen LogP contribution in [0.15, 0.2) is 23.3 Å². The molecule has 216 valence electrons. The third-order valence-electron chi connectivity index (χ3n) is 10.5. The van der Waals surface area contributed by atoms with Crippen LogP contribution in [0.1, 0.15) is 94.8 Å². The molecule has 4 heterocycles. The standard InChI is InChI=1S/C29H43F3N6O/c1-19-7-5-12-36(15-19)20(2)21-13-24(29(30,31)32)25-17-37(27(39)38(25)16-21)23-9-4-8-22(14-23)28(10-6-11-28)26-34-33-18-35(26)3/h13,16-17,19-20,22-23,26,33-34H,4-12,14-15,18H2,1-3H3/t19-,20-,22?,23?,26?/m0/s1. The zero-order chi connectivity index (χ0) is 27.5. The Bertz CT molecular complexity index is 1250. The summed E-state index contributed by atoms with van der Waals surface area (Å²) >= 11 is 0. The molecule has 2 aromatic rings. The number of piperidine rings is 1. The predicted molar refractivity (Wildman–Crippen MR) is 145 cm³/mol. The van der Waals surface area contributed by atoms with Gasteiger partial charge in [0.15, 0.2) is 0 Å². The Kier molecular flexibility index (Phi) is 7.13. The van der Waals surface area contributed by atoms with Crippen molar-refractivity contribution < 1.29 is 13.2 Å². The van der Waals surface area contributed by atoms with Crippen LogP contribution in [0, 0.1) is 17.3 Å². The van der Waals surface area contributed by atoms with E-state index in [4.69, 9.17) is 0 Å². The van der Waals surface area contributed by atoms with E-state index in [9.17, 15) is 18.0 Å². The molecule has 4 aliphatic rings. The van der Waals surface area contributed by atoms with E-state index >= 15 is 0 Å². The van der Waals surface area contributed by atoms with Gasteiger partial charge in [0.25, 0.3) is 0 Å². The van der Waals surface area contributed by atoms with Gasteiger partial charge in [-0.15, -0.1) is 0 Å². The first-order valence-electron chi connectivity index (χ1n) is 14.9. The molecule has 39 heavy (non-hydrogen) atoms. The predicted octanol–water partition coefficient (Wildman–Crippen LogP) is 5.14. The normalized spacial score (nSPS) is 31.4. The Balaban J connectivity index is 1.34. The first-order chi connectivity index (χ1) is 18.6.